The van der Waals surface area contributed by atoms with E-state index in [1.54, 1.807) is 0 Å². The van der Waals surface area contributed by atoms with Crippen molar-refractivity contribution in [1.82, 2.24) is 9.80 Å². The predicted molar refractivity (Wildman–Crippen MR) is 73.6 cm³/mol. The number of carbonyl (C=O) groups excluding carboxylic acids is 2. The highest BCUT2D eigenvalue weighted by Gasteiger charge is 2.29. The normalized spacial score (nSPS) is 16.8. The maximum atomic E-state index is 11.5. The molecule has 19 heavy (non-hydrogen) atoms. The van der Waals surface area contributed by atoms with Crippen LogP contribution in [0.2, 0.25) is 0 Å². The van der Waals surface area contributed by atoms with E-state index >= 15 is 0 Å². The Balaban J connectivity index is 2.47. The highest BCUT2D eigenvalue weighted by atomic mass is 16.3. The molecule has 0 unspecified atom stereocenters. The molecule has 1 fully saturated rings. The van der Waals surface area contributed by atoms with Gasteiger partial charge in [0, 0.05) is 45.6 Å². The number of hydrogen-bond donors (Lipinski definition) is 1. The lowest BCUT2D eigenvalue weighted by atomic mass is 9.96. The number of carbonyl (C=O) groups is 2. The van der Waals surface area contributed by atoms with E-state index in [1.165, 1.54) is 4.90 Å². The molecule has 1 aliphatic rings. The number of nitrogens with zero attached hydrogens (tertiary/aromatic N) is 2. The van der Waals surface area contributed by atoms with Crippen molar-refractivity contribution in [1.29, 1.82) is 0 Å². The molecule has 0 saturated carbocycles. The monoisotopic (exact) mass is 270 g/mol. The first-order valence-corrected chi connectivity index (χ1v) is 7.00. The lowest BCUT2D eigenvalue weighted by molar-refractivity contribution is -0.138. The zero-order chi connectivity index (χ0) is 14.5. The SMILES string of the molecule is CC(C)(C)CN(CCCO)CCN1C(=O)CCC1=O. The Kier molecular flexibility index (Phi) is 5.94. The van der Waals surface area contributed by atoms with Gasteiger partial charge in [0.25, 0.3) is 0 Å². The number of imide groups is 1. The summed E-state index contributed by atoms with van der Waals surface area (Å²) < 4.78 is 0. The molecule has 1 N–H and O–H groups in total. The highest BCUT2D eigenvalue weighted by molar-refractivity contribution is 6.01. The summed E-state index contributed by atoms with van der Waals surface area (Å²) in [6, 6.07) is 0. The molecule has 1 heterocycles. The molecule has 5 heteroatoms. The van der Waals surface area contributed by atoms with Crippen LogP contribution >= 0.6 is 0 Å². The first kappa shape index (κ1) is 16.1. The highest BCUT2D eigenvalue weighted by Crippen LogP contribution is 2.16. The van der Waals surface area contributed by atoms with E-state index in [4.69, 9.17) is 5.11 Å². The van der Waals surface area contributed by atoms with Crippen molar-refractivity contribution in [2.24, 2.45) is 5.41 Å². The van der Waals surface area contributed by atoms with Crippen LogP contribution in [0.25, 0.3) is 0 Å². The number of aliphatic hydroxyl groups excluding tert-OH is 1. The Morgan fingerprint density at radius 3 is 2.21 bits per heavy atom. The van der Waals surface area contributed by atoms with E-state index < -0.39 is 0 Å². The molecule has 0 aliphatic carbocycles. The summed E-state index contributed by atoms with van der Waals surface area (Å²) in [5, 5.41) is 8.93. The number of likely N-dealkylation sites (tertiary alicyclic amines) is 1. The van der Waals surface area contributed by atoms with Crippen LogP contribution in [0, 0.1) is 5.41 Å². The predicted octanol–water partition coefficient (Wildman–Crippen LogP) is 0.866. The van der Waals surface area contributed by atoms with Gasteiger partial charge in [0.05, 0.1) is 0 Å². The van der Waals surface area contributed by atoms with E-state index in [9.17, 15) is 9.59 Å². The van der Waals surface area contributed by atoms with Crippen molar-refractivity contribution in [2.45, 2.75) is 40.0 Å². The van der Waals surface area contributed by atoms with Crippen molar-refractivity contribution >= 4 is 11.8 Å². The van der Waals surface area contributed by atoms with Gasteiger partial charge in [0.15, 0.2) is 0 Å². The zero-order valence-corrected chi connectivity index (χ0v) is 12.3. The number of amides is 2. The van der Waals surface area contributed by atoms with Gasteiger partial charge in [-0.1, -0.05) is 20.8 Å². The standard InChI is InChI=1S/C14H26N2O3/c1-14(2,3)11-15(7-4-10-17)8-9-16-12(18)5-6-13(16)19/h17H,4-11H2,1-3H3. The maximum Gasteiger partial charge on any atom is 0.229 e. The third-order valence-corrected chi connectivity index (χ3v) is 3.13. The van der Waals surface area contributed by atoms with E-state index in [1.807, 2.05) is 0 Å². The lowest BCUT2D eigenvalue weighted by Crippen LogP contribution is -2.41. The second kappa shape index (κ2) is 7.01. The van der Waals surface area contributed by atoms with E-state index in [2.05, 4.69) is 25.7 Å². The van der Waals surface area contributed by atoms with Gasteiger partial charge in [0.2, 0.25) is 11.8 Å². The third-order valence-electron chi connectivity index (χ3n) is 3.13. The van der Waals surface area contributed by atoms with Crippen molar-refractivity contribution in [3.63, 3.8) is 0 Å². The Bertz CT molecular complexity index is 307. The zero-order valence-electron chi connectivity index (χ0n) is 12.3. The second-order valence-corrected chi connectivity index (χ2v) is 6.35. The van der Waals surface area contributed by atoms with Crippen LogP contribution in [-0.4, -0.2) is 59.5 Å². The van der Waals surface area contributed by atoms with Gasteiger partial charge in [-0.2, -0.15) is 0 Å². The van der Waals surface area contributed by atoms with E-state index in [0.29, 0.717) is 25.9 Å². The van der Waals surface area contributed by atoms with E-state index in [-0.39, 0.29) is 23.8 Å². The van der Waals surface area contributed by atoms with Crippen LogP contribution < -0.4 is 0 Å². The van der Waals surface area contributed by atoms with Crippen molar-refractivity contribution in [3.8, 4) is 0 Å². The van der Waals surface area contributed by atoms with Gasteiger partial charge in [-0.05, 0) is 11.8 Å². The Morgan fingerprint density at radius 1 is 1.16 bits per heavy atom. The molecule has 1 aliphatic heterocycles. The smallest absolute Gasteiger partial charge is 0.229 e. The van der Waals surface area contributed by atoms with Crippen LogP contribution in [0.3, 0.4) is 0 Å². The van der Waals surface area contributed by atoms with Crippen molar-refractivity contribution in [2.75, 3.05) is 32.8 Å². The van der Waals surface area contributed by atoms with E-state index in [0.717, 1.165) is 19.5 Å². The minimum Gasteiger partial charge on any atom is -0.396 e. The summed E-state index contributed by atoms with van der Waals surface area (Å²) in [6.07, 6.45) is 1.43. The fourth-order valence-corrected chi connectivity index (χ4v) is 2.35. The topological polar surface area (TPSA) is 60.9 Å². The third kappa shape index (κ3) is 5.70. The minimum absolute atomic E-state index is 0.0529. The first-order valence-electron chi connectivity index (χ1n) is 7.00. The Hall–Kier alpha value is -0.940. The van der Waals surface area contributed by atoms with Gasteiger partial charge in [-0.3, -0.25) is 14.5 Å². The average molecular weight is 270 g/mol. The summed E-state index contributed by atoms with van der Waals surface area (Å²) in [6.45, 7) is 9.49. The van der Waals surface area contributed by atoms with Crippen LogP contribution in [-0.2, 0) is 9.59 Å². The van der Waals surface area contributed by atoms with Crippen LogP contribution in [0.1, 0.15) is 40.0 Å². The molecule has 0 bridgehead atoms. The van der Waals surface area contributed by atoms with Crippen molar-refractivity contribution in [3.05, 3.63) is 0 Å². The number of aliphatic hydroxyl groups is 1. The summed E-state index contributed by atoms with van der Waals surface area (Å²) in [7, 11) is 0. The molecule has 1 rings (SSSR count). The second-order valence-electron chi connectivity index (χ2n) is 6.35. The molecule has 0 radical (unpaired) electrons. The van der Waals surface area contributed by atoms with Gasteiger partial charge in [-0.15, -0.1) is 0 Å². The fourth-order valence-electron chi connectivity index (χ4n) is 2.35. The quantitative estimate of drug-likeness (QED) is 0.697. The molecule has 0 aromatic rings. The number of rotatable bonds is 7. The van der Waals surface area contributed by atoms with Crippen LogP contribution in [0.5, 0.6) is 0 Å². The molecule has 0 atom stereocenters. The average Bonchev–Trinajstić information content (AvgIpc) is 2.61. The lowest BCUT2D eigenvalue weighted by Gasteiger charge is -2.30. The van der Waals surface area contributed by atoms with Crippen LogP contribution in [0.4, 0.5) is 0 Å². The summed E-state index contributed by atoms with van der Waals surface area (Å²) in [5.41, 5.74) is 0.161. The van der Waals surface area contributed by atoms with Gasteiger partial charge < -0.3 is 10.0 Å². The first-order chi connectivity index (χ1) is 8.83. The molecule has 110 valence electrons. The van der Waals surface area contributed by atoms with Gasteiger partial charge in [-0.25, -0.2) is 0 Å². The fraction of sp³-hybridized carbons (Fsp3) is 0.857. The molecular weight excluding hydrogens is 244 g/mol. The largest absolute Gasteiger partial charge is 0.396 e. The summed E-state index contributed by atoms with van der Waals surface area (Å²) in [4.78, 5) is 26.7. The molecule has 2 amide bonds. The molecule has 0 aromatic carbocycles. The Morgan fingerprint density at radius 2 is 1.74 bits per heavy atom. The molecule has 5 nitrogen and oxygen atoms in total. The molecule has 1 saturated heterocycles. The molecule has 0 spiro atoms. The van der Waals surface area contributed by atoms with Gasteiger partial charge >= 0.3 is 0 Å². The van der Waals surface area contributed by atoms with Crippen molar-refractivity contribution < 1.29 is 14.7 Å². The van der Waals surface area contributed by atoms with Crippen LogP contribution in [0.15, 0.2) is 0 Å². The number of hydrogen-bond acceptors (Lipinski definition) is 4. The summed E-state index contributed by atoms with van der Waals surface area (Å²) >= 11 is 0. The molecular formula is C14H26N2O3. The minimum atomic E-state index is -0.0529. The maximum absolute atomic E-state index is 11.5. The summed E-state index contributed by atoms with van der Waals surface area (Å²) in [5.74, 6) is -0.106. The Labute approximate surface area is 115 Å². The molecule has 0 aromatic heterocycles. The van der Waals surface area contributed by atoms with Gasteiger partial charge in [0.1, 0.15) is 0 Å².